The van der Waals surface area contributed by atoms with Crippen LogP contribution in [0.3, 0.4) is 0 Å². The molecule has 360 valence electrons. The standard InChI is InChI=1S/C48H91NO11S/c1-3-5-7-9-11-13-15-17-18-19-20-21-22-23-24-26-28-30-32-34-36-38-44(52)49-41(42(51)37-35-33-31-29-27-25-16-14-12-10-8-6-4-2)40-58-48-46(54)47(60-61(55,56)57)45(53)43(39-50)59-48/h17-18,35,37,41-43,45-48,50-51,53-54H,3-16,19-34,36,38-40H2,1-2H3,(H,49,52)(H,55,56,57)/b18-17+,37-35+/t41-,42+,43+,45-,46+,47-,48+/m0/s1. The van der Waals surface area contributed by atoms with Crippen LogP contribution < -0.4 is 5.32 Å². The number of carbonyl (C=O) groups excluding carboxylic acids is 1. The second kappa shape index (κ2) is 39.0. The van der Waals surface area contributed by atoms with Gasteiger partial charge in [-0.25, -0.2) is 4.18 Å². The molecule has 6 N–H and O–H groups in total. The van der Waals surface area contributed by atoms with Crippen LogP contribution in [0.4, 0.5) is 0 Å². The molecule has 1 aliphatic heterocycles. The molecule has 0 saturated carbocycles. The highest BCUT2D eigenvalue weighted by Gasteiger charge is 2.48. The Balaban J connectivity index is 2.44. The van der Waals surface area contributed by atoms with Crippen LogP contribution in [-0.2, 0) is 28.9 Å². The monoisotopic (exact) mass is 890 g/mol. The van der Waals surface area contributed by atoms with Gasteiger partial charge in [0.05, 0.1) is 25.4 Å². The minimum Gasteiger partial charge on any atom is -0.394 e. The zero-order valence-electron chi connectivity index (χ0n) is 38.5. The molecule has 0 aliphatic carbocycles. The lowest BCUT2D eigenvalue weighted by atomic mass is 9.99. The van der Waals surface area contributed by atoms with E-state index >= 15 is 0 Å². The van der Waals surface area contributed by atoms with E-state index in [9.17, 15) is 38.2 Å². The minimum absolute atomic E-state index is 0.263. The SMILES string of the molecule is CCCCCCCC/C=C/CCCCCCCCCCCCCC(=O)N[C@@H](CO[C@@H]1O[C@H](CO)[C@H](O)[C@H](OS(=O)(=O)O)[C@H]1O)[C@H](O)/C=C/CCCCCCCCCCCCC. The summed E-state index contributed by atoms with van der Waals surface area (Å²) in [4.78, 5) is 13.0. The maximum Gasteiger partial charge on any atom is 0.397 e. The summed E-state index contributed by atoms with van der Waals surface area (Å²) in [6.07, 6.45) is 36.4. The molecule has 12 nitrogen and oxygen atoms in total. The largest absolute Gasteiger partial charge is 0.397 e. The third-order valence-electron chi connectivity index (χ3n) is 11.7. The average molecular weight is 890 g/mol. The average Bonchev–Trinajstić information content (AvgIpc) is 3.23. The molecule has 0 bridgehead atoms. The van der Waals surface area contributed by atoms with Crippen molar-refractivity contribution in [2.45, 2.75) is 262 Å². The van der Waals surface area contributed by atoms with Crippen LogP contribution in [0.2, 0.25) is 0 Å². The first-order valence-electron chi connectivity index (χ1n) is 24.7. The van der Waals surface area contributed by atoms with E-state index in [4.69, 9.17) is 9.47 Å². The molecule has 61 heavy (non-hydrogen) atoms. The van der Waals surface area contributed by atoms with Crippen molar-refractivity contribution in [2.24, 2.45) is 0 Å². The number of carbonyl (C=O) groups is 1. The fourth-order valence-electron chi connectivity index (χ4n) is 7.86. The van der Waals surface area contributed by atoms with E-state index in [2.05, 4.69) is 35.5 Å². The summed E-state index contributed by atoms with van der Waals surface area (Å²) in [5.41, 5.74) is 0. The molecular weight excluding hydrogens is 799 g/mol. The zero-order chi connectivity index (χ0) is 44.8. The number of amides is 1. The maximum absolute atomic E-state index is 13.0. The van der Waals surface area contributed by atoms with Gasteiger partial charge in [-0.3, -0.25) is 9.35 Å². The fraction of sp³-hybridized carbons (Fsp3) is 0.896. The van der Waals surface area contributed by atoms with E-state index in [1.807, 2.05) is 6.08 Å². The van der Waals surface area contributed by atoms with Crippen LogP contribution in [0, 0.1) is 0 Å². The van der Waals surface area contributed by atoms with Gasteiger partial charge in [-0.2, -0.15) is 8.42 Å². The van der Waals surface area contributed by atoms with Gasteiger partial charge in [0.25, 0.3) is 0 Å². The molecule has 1 fully saturated rings. The van der Waals surface area contributed by atoms with E-state index in [1.54, 1.807) is 6.08 Å². The Morgan fingerprint density at radius 2 is 1.05 bits per heavy atom. The molecule has 1 aliphatic rings. The summed E-state index contributed by atoms with van der Waals surface area (Å²) >= 11 is 0. The number of allylic oxidation sites excluding steroid dienone is 3. The topological polar surface area (TPSA) is 192 Å². The summed E-state index contributed by atoms with van der Waals surface area (Å²) in [6, 6.07) is -0.941. The molecule has 0 unspecified atom stereocenters. The van der Waals surface area contributed by atoms with Crippen LogP contribution in [-0.4, -0.2) is 95.4 Å². The van der Waals surface area contributed by atoms with E-state index in [0.717, 1.165) is 38.5 Å². The summed E-state index contributed by atoms with van der Waals surface area (Å²) < 4.78 is 47.6. The second-order valence-corrected chi connectivity index (χ2v) is 18.4. The Morgan fingerprint density at radius 1 is 0.639 bits per heavy atom. The zero-order valence-corrected chi connectivity index (χ0v) is 39.3. The molecule has 1 heterocycles. The molecule has 7 atom stereocenters. The first kappa shape index (κ1) is 57.6. The van der Waals surface area contributed by atoms with E-state index in [0.29, 0.717) is 6.42 Å². The maximum atomic E-state index is 13.0. The van der Waals surface area contributed by atoms with Gasteiger partial charge in [0.1, 0.15) is 24.4 Å². The van der Waals surface area contributed by atoms with Crippen molar-refractivity contribution in [1.29, 1.82) is 0 Å². The van der Waals surface area contributed by atoms with Crippen LogP contribution in [0.15, 0.2) is 24.3 Å². The first-order valence-corrected chi connectivity index (χ1v) is 26.1. The lowest BCUT2D eigenvalue weighted by Gasteiger charge is -2.41. The number of rotatable bonds is 42. The van der Waals surface area contributed by atoms with E-state index < -0.39 is 59.9 Å². The summed E-state index contributed by atoms with van der Waals surface area (Å²) in [5, 5.41) is 44.7. The van der Waals surface area contributed by atoms with Gasteiger partial charge in [0.2, 0.25) is 5.91 Å². The Morgan fingerprint density at radius 3 is 1.48 bits per heavy atom. The van der Waals surface area contributed by atoms with Gasteiger partial charge in [0.15, 0.2) is 6.29 Å². The first-order chi connectivity index (χ1) is 29.5. The number of aliphatic hydroxyl groups is 4. The van der Waals surface area contributed by atoms with Crippen LogP contribution in [0.25, 0.3) is 0 Å². The highest BCUT2D eigenvalue weighted by molar-refractivity contribution is 7.80. The predicted molar refractivity (Wildman–Crippen MR) is 245 cm³/mol. The molecule has 0 spiro atoms. The highest BCUT2D eigenvalue weighted by atomic mass is 32.3. The lowest BCUT2D eigenvalue weighted by molar-refractivity contribution is -0.298. The quantitative estimate of drug-likeness (QED) is 0.0194. The third kappa shape index (κ3) is 32.0. The van der Waals surface area contributed by atoms with E-state index in [-0.39, 0.29) is 18.9 Å². The minimum atomic E-state index is -5.08. The molecule has 0 radical (unpaired) electrons. The Bertz CT molecular complexity index is 1190. The predicted octanol–water partition coefficient (Wildman–Crippen LogP) is 10.1. The number of hydrogen-bond donors (Lipinski definition) is 6. The number of aliphatic hydroxyl groups excluding tert-OH is 4. The molecule has 1 saturated heterocycles. The van der Waals surface area contributed by atoms with E-state index in [1.165, 1.54) is 154 Å². The Labute approximate surface area is 372 Å². The van der Waals surface area contributed by atoms with Crippen molar-refractivity contribution in [3.8, 4) is 0 Å². The van der Waals surface area contributed by atoms with Gasteiger partial charge in [-0.05, 0) is 44.9 Å². The summed E-state index contributed by atoms with van der Waals surface area (Å²) in [6.45, 7) is 3.38. The van der Waals surface area contributed by atoms with Crippen molar-refractivity contribution in [3.05, 3.63) is 24.3 Å². The fourth-order valence-corrected chi connectivity index (χ4v) is 8.37. The van der Waals surface area contributed by atoms with Crippen molar-refractivity contribution in [1.82, 2.24) is 5.32 Å². The van der Waals surface area contributed by atoms with Crippen LogP contribution in [0.5, 0.6) is 0 Å². The highest BCUT2D eigenvalue weighted by Crippen LogP contribution is 2.26. The number of hydrogen-bond acceptors (Lipinski definition) is 10. The Hall–Kier alpha value is -1.42. The summed E-state index contributed by atoms with van der Waals surface area (Å²) in [7, 11) is -5.08. The van der Waals surface area contributed by atoms with Gasteiger partial charge >= 0.3 is 10.4 Å². The molecule has 13 heteroatoms. The summed E-state index contributed by atoms with van der Waals surface area (Å²) in [5.74, 6) is -0.263. The van der Waals surface area contributed by atoms with Crippen LogP contribution >= 0.6 is 0 Å². The molecule has 1 amide bonds. The molecule has 0 aromatic carbocycles. The molecule has 1 rings (SSSR count). The second-order valence-electron chi connectivity index (χ2n) is 17.4. The van der Waals surface area contributed by atoms with Crippen LogP contribution in [0.1, 0.15) is 219 Å². The van der Waals surface area contributed by atoms with Gasteiger partial charge in [-0.15, -0.1) is 0 Å². The van der Waals surface area contributed by atoms with Crippen molar-refractivity contribution in [2.75, 3.05) is 13.2 Å². The van der Waals surface area contributed by atoms with Crippen molar-refractivity contribution < 1.29 is 51.8 Å². The molecule has 0 aromatic heterocycles. The van der Waals surface area contributed by atoms with Crippen molar-refractivity contribution in [3.63, 3.8) is 0 Å². The van der Waals surface area contributed by atoms with Crippen molar-refractivity contribution >= 4 is 16.3 Å². The number of unbranched alkanes of at least 4 members (excludes halogenated alkanes) is 28. The lowest BCUT2D eigenvalue weighted by Crippen LogP contribution is -2.61. The smallest absolute Gasteiger partial charge is 0.394 e. The molecule has 0 aromatic rings. The van der Waals surface area contributed by atoms with Gasteiger partial charge in [-0.1, -0.05) is 192 Å². The van der Waals surface area contributed by atoms with Gasteiger partial charge in [0, 0.05) is 6.42 Å². The third-order valence-corrected chi connectivity index (χ3v) is 12.2. The number of nitrogens with one attached hydrogen (secondary N) is 1. The Kier molecular flexibility index (Phi) is 36.8. The molecular formula is C48H91NO11S. The normalized spacial score (nSPS) is 20.8. The number of ether oxygens (including phenoxy) is 2. The van der Waals surface area contributed by atoms with Gasteiger partial charge < -0.3 is 35.2 Å².